The van der Waals surface area contributed by atoms with Crippen molar-refractivity contribution in [3.05, 3.63) is 34.5 Å². The predicted molar refractivity (Wildman–Crippen MR) is 62.9 cm³/mol. The van der Waals surface area contributed by atoms with Gasteiger partial charge in [0.2, 0.25) is 5.82 Å². The topological polar surface area (TPSA) is 105 Å². The van der Waals surface area contributed by atoms with E-state index in [-0.39, 0.29) is 11.5 Å². The van der Waals surface area contributed by atoms with E-state index in [1.54, 1.807) is 12.5 Å². The van der Waals surface area contributed by atoms with Gasteiger partial charge in [0.25, 0.3) is 0 Å². The maximum absolute atomic E-state index is 10.7. The Morgan fingerprint density at radius 1 is 1.50 bits per heavy atom. The van der Waals surface area contributed by atoms with Crippen LogP contribution in [0.25, 0.3) is 0 Å². The average molecular weight is 248 g/mol. The first kappa shape index (κ1) is 10.8. The number of rotatable bonds is 4. The van der Waals surface area contributed by atoms with Crippen molar-refractivity contribution in [2.24, 2.45) is 0 Å². The van der Waals surface area contributed by atoms with Crippen LogP contribution in [0.4, 0.5) is 11.5 Å². The Balaban J connectivity index is 1.88. The zero-order chi connectivity index (χ0) is 12.7. The summed E-state index contributed by atoms with van der Waals surface area (Å²) >= 11 is 0. The zero-order valence-corrected chi connectivity index (χ0v) is 9.56. The molecular weight excluding hydrogens is 236 g/mol. The molecule has 1 fully saturated rings. The van der Waals surface area contributed by atoms with Crippen LogP contribution in [-0.2, 0) is 6.54 Å². The van der Waals surface area contributed by atoms with E-state index in [0.717, 1.165) is 18.5 Å². The first-order chi connectivity index (χ1) is 8.66. The van der Waals surface area contributed by atoms with Crippen LogP contribution in [0.5, 0.6) is 0 Å². The molecule has 3 rings (SSSR count). The second kappa shape index (κ2) is 3.83. The Kier molecular flexibility index (Phi) is 2.29. The molecule has 0 bridgehead atoms. The number of imidazole rings is 1. The quantitative estimate of drug-likeness (QED) is 0.640. The lowest BCUT2D eigenvalue weighted by Gasteiger charge is -2.07. The van der Waals surface area contributed by atoms with Crippen molar-refractivity contribution in [3.63, 3.8) is 0 Å². The van der Waals surface area contributed by atoms with Gasteiger partial charge in [0.1, 0.15) is 6.20 Å². The molecule has 1 saturated carbocycles. The first-order valence-electron chi connectivity index (χ1n) is 5.63. The third-order valence-electron chi connectivity index (χ3n) is 3.05. The van der Waals surface area contributed by atoms with Crippen molar-refractivity contribution in [3.8, 4) is 0 Å². The highest BCUT2D eigenvalue weighted by Crippen LogP contribution is 2.35. The summed E-state index contributed by atoms with van der Waals surface area (Å²) in [4.78, 5) is 14.2. The lowest BCUT2D eigenvalue weighted by Crippen LogP contribution is -2.10. The van der Waals surface area contributed by atoms with E-state index in [1.807, 2.05) is 0 Å². The molecule has 18 heavy (non-hydrogen) atoms. The molecular formula is C10H12N6O2. The number of hydrogen-bond donors (Lipinski definition) is 1. The van der Waals surface area contributed by atoms with E-state index < -0.39 is 4.92 Å². The Morgan fingerprint density at radius 3 is 2.89 bits per heavy atom. The fourth-order valence-corrected chi connectivity index (χ4v) is 1.94. The smallest absolute Gasteiger partial charge is 0.330 e. The molecule has 0 radical (unpaired) electrons. The number of anilines is 1. The van der Waals surface area contributed by atoms with Gasteiger partial charge in [0, 0.05) is 6.04 Å². The van der Waals surface area contributed by atoms with Crippen LogP contribution in [-0.4, -0.2) is 24.3 Å². The van der Waals surface area contributed by atoms with Crippen LogP contribution in [0.2, 0.25) is 0 Å². The fourth-order valence-electron chi connectivity index (χ4n) is 1.94. The molecule has 0 atom stereocenters. The molecule has 94 valence electrons. The van der Waals surface area contributed by atoms with Gasteiger partial charge in [-0.1, -0.05) is 0 Å². The van der Waals surface area contributed by atoms with Crippen molar-refractivity contribution in [1.82, 2.24) is 19.3 Å². The number of nitrogens with two attached hydrogens (primary N) is 1. The van der Waals surface area contributed by atoms with Crippen LogP contribution in [0.3, 0.4) is 0 Å². The fraction of sp³-hybridized carbons (Fsp3) is 0.400. The number of nitro groups is 1. The highest BCUT2D eigenvalue weighted by atomic mass is 16.6. The van der Waals surface area contributed by atoms with Gasteiger partial charge in [-0.3, -0.25) is 10.1 Å². The Morgan fingerprint density at radius 2 is 2.28 bits per heavy atom. The van der Waals surface area contributed by atoms with Crippen molar-refractivity contribution in [2.75, 3.05) is 5.73 Å². The van der Waals surface area contributed by atoms with Gasteiger partial charge in [-0.15, -0.1) is 0 Å². The maximum Gasteiger partial charge on any atom is 0.330 e. The van der Waals surface area contributed by atoms with Gasteiger partial charge in [0.05, 0.1) is 29.7 Å². The molecule has 0 aliphatic heterocycles. The lowest BCUT2D eigenvalue weighted by molar-refractivity contribution is -0.384. The predicted octanol–water partition coefficient (Wildman–Crippen LogP) is 0.953. The molecule has 2 N–H and O–H groups in total. The average Bonchev–Trinajstić information content (AvgIpc) is 2.97. The summed E-state index contributed by atoms with van der Waals surface area (Å²) in [6, 6.07) is 0.509. The summed E-state index contributed by atoms with van der Waals surface area (Å²) in [7, 11) is 0. The summed E-state index contributed by atoms with van der Waals surface area (Å²) in [5.41, 5.74) is 6.49. The Labute approximate surface area is 102 Å². The van der Waals surface area contributed by atoms with E-state index in [9.17, 15) is 10.1 Å². The maximum atomic E-state index is 10.7. The molecule has 0 aromatic carbocycles. The van der Waals surface area contributed by atoms with Gasteiger partial charge in [-0.05, 0) is 12.8 Å². The van der Waals surface area contributed by atoms with E-state index >= 15 is 0 Å². The molecule has 1 aliphatic rings. The van der Waals surface area contributed by atoms with Crippen LogP contribution in [0, 0.1) is 10.1 Å². The van der Waals surface area contributed by atoms with Gasteiger partial charge in [0.15, 0.2) is 0 Å². The third-order valence-corrected chi connectivity index (χ3v) is 3.05. The highest BCUT2D eigenvalue weighted by molar-refractivity contribution is 5.51. The van der Waals surface area contributed by atoms with E-state index in [2.05, 4.69) is 14.6 Å². The van der Waals surface area contributed by atoms with E-state index in [4.69, 9.17) is 5.73 Å². The summed E-state index contributed by atoms with van der Waals surface area (Å²) in [6.07, 6.45) is 7.00. The normalized spacial score (nSPS) is 14.9. The standard InChI is InChI=1S/C10H12N6O2/c11-10-9(16(17)18)4-13-15(10)5-8-3-12-6-14(8)7-1-2-7/h3-4,6-7H,1-2,5,11H2. The SMILES string of the molecule is Nc1c([N+](=O)[O-])cnn1Cc1cncn1C1CC1. The Hall–Kier alpha value is -2.38. The van der Waals surface area contributed by atoms with Crippen LogP contribution < -0.4 is 5.73 Å². The van der Waals surface area contributed by atoms with Crippen LogP contribution in [0.15, 0.2) is 18.7 Å². The number of nitrogens with zero attached hydrogens (tertiary/aromatic N) is 5. The lowest BCUT2D eigenvalue weighted by atomic mass is 10.4. The second-order valence-electron chi connectivity index (χ2n) is 4.35. The minimum Gasteiger partial charge on any atom is -0.378 e. The minimum absolute atomic E-state index is 0.0727. The van der Waals surface area contributed by atoms with Gasteiger partial charge in [-0.25, -0.2) is 9.67 Å². The summed E-state index contributed by atoms with van der Waals surface area (Å²) in [5.74, 6) is 0.0727. The number of aromatic nitrogens is 4. The number of hydrogen-bond acceptors (Lipinski definition) is 5. The molecule has 0 amide bonds. The third kappa shape index (κ3) is 1.71. The largest absolute Gasteiger partial charge is 0.378 e. The molecule has 0 unspecified atom stereocenters. The molecule has 2 heterocycles. The van der Waals surface area contributed by atoms with Gasteiger partial charge < -0.3 is 10.3 Å². The van der Waals surface area contributed by atoms with Gasteiger partial charge >= 0.3 is 5.69 Å². The molecule has 0 saturated heterocycles. The van der Waals surface area contributed by atoms with Crippen molar-refractivity contribution in [1.29, 1.82) is 0 Å². The zero-order valence-electron chi connectivity index (χ0n) is 9.56. The highest BCUT2D eigenvalue weighted by Gasteiger charge is 2.26. The summed E-state index contributed by atoms with van der Waals surface area (Å²) in [6.45, 7) is 0.399. The Bertz CT molecular complexity index is 597. The molecule has 2 aromatic rings. The summed E-state index contributed by atoms with van der Waals surface area (Å²) in [5, 5.41) is 14.6. The van der Waals surface area contributed by atoms with E-state index in [1.165, 1.54) is 10.9 Å². The van der Waals surface area contributed by atoms with Gasteiger partial charge in [-0.2, -0.15) is 5.10 Å². The summed E-state index contributed by atoms with van der Waals surface area (Å²) < 4.78 is 3.50. The monoisotopic (exact) mass is 248 g/mol. The minimum atomic E-state index is -0.531. The first-order valence-corrected chi connectivity index (χ1v) is 5.63. The molecule has 8 heteroatoms. The van der Waals surface area contributed by atoms with Crippen LogP contribution in [0.1, 0.15) is 24.6 Å². The van der Waals surface area contributed by atoms with Crippen molar-refractivity contribution >= 4 is 11.5 Å². The molecule has 0 spiro atoms. The molecule has 1 aliphatic carbocycles. The van der Waals surface area contributed by atoms with E-state index in [0.29, 0.717) is 12.6 Å². The van der Waals surface area contributed by atoms with Crippen LogP contribution >= 0.6 is 0 Å². The second-order valence-corrected chi connectivity index (χ2v) is 4.35. The van der Waals surface area contributed by atoms with Crippen molar-refractivity contribution < 1.29 is 4.92 Å². The molecule has 8 nitrogen and oxygen atoms in total. The number of nitrogen functional groups attached to an aromatic ring is 1. The van der Waals surface area contributed by atoms with Crippen molar-refractivity contribution in [2.45, 2.75) is 25.4 Å². The molecule has 2 aromatic heterocycles.